The third-order valence-corrected chi connectivity index (χ3v) is 6.51. The predicted octanol–water partition coefficient (Wildman–Crippen LogP) is 5.07. The van der Waals surface area contributed by atoms with Gasteiger partial charge in [0.05, 0.1) is 17.8 Å². The number of benzene rings is 2. The van der Waals surface area contributed by atoms with E-state index in [1.165, 1.54) is 11.0 Å². The van der Waals surface area contributed by atoms with Gasteiger partial charge in [0.15, 0.2) is 0 Å². The van der Waals surface area contributed by atoms with Crippen molar-refractivity contribution in [2.75, 3.05) is 11.5 Å². The molecule has 1 unspecified atom stereocenters. The number of rotatable bonds is 4. The molecule has 0 bridgehead atoms. The molecule has 1 aliphatic carbocycles. The van der Waals surface area contributed by atoms with Crippen LogP contribution in [-0.4, -0.2) is 34.7 Å². The molecule has 2 atom stereocenters. The molecule has 5 rings (SSSR count). The van der Waals surface area contributed by atoms with Crippen molar-refractivity contribution in [2.24, 2.45) is 5.73 Å². The van der Waals surface area contributed by atoms with Gasteiger partial charge in [0.2, 0.25) is 17.7 Å². The van der Waals surface area contributed by atoms with E-state index in [1.54, 1.807) is 24.3 Å². The van der Waals surface area contributed by atoms with Crippen LogP contribution in [0.3, 0.4) is 0 Å². The van der Waals surface area contributed by atoms with E-state index < -0.39 is 36.0 Å². The van der Waals surface area contributed by atoms with Crippen molar-refractivity contribution in [1.82, 2.24) is 10.2 Å². The number of amides is 1. The second-order valence-electron chi connectivity index (χ2n) is 8.86. The topological polar surface area (TPSA) is 94.5 Å². The number of carbonyl (C=O) groups excluding carboxylic acids is 1. The molecule has 11 heteroatoms. The zero-order valence-electron chi connectivity index (χ0n) is 18.5. The first-order chi connectivity index (χ1) is 16.7. The van der Waals surface area contributed by atoms with Gasteiger partial charge in [-0.05, 0) is 36.6 Å². The number of aromatic nitrogens is 2. The molecule has 3 aromatic rings. The van der Waals surface area contributed by atoms with Crippen LogP contribution in [0.4, 0.5) is 18.9 Å². The summed E-state index contributed by atoms with van der Waals surface area (Å²) in [6.45, 7) is 0.0136. The molecule has 2 N–H and O–H groups in total. The summed E-state index contributed by atoms with van der Waals surface area (Å²) in [6.07, 6.45) is 0.251. The first-order valence-corrected chi connectivity index (χ1v) is 11.6. The lowest BCUT2D eigenvalue weighted by Crippen LogP contribution is -2.45. The number of hydrogen-bond acceptors (Lipinski definition) is 6. The van der Waals surface area contributed by atoms with E-state index in [2.05, 4.69) is 10.2 Å². The lowest BCUT2D eigenvalue weighted by atomic mass is 9.86. The predicted molar refractivity (Wildman–Crippen MR) is 122 cm³/mol. The molecule has 1 aliphatic heterocycles. The summed E-state index contributed by atoms with van der Waals surface area (Å²) in [7, 11) is 0. The summed E-state index contributed by atoms with van der Waals surface area (Å²) < 4.78 is 54.1. The van der Waals surface area contributed by atoms with Crippen molar-refractivity contribution in [3.63, 3.8) is 0 Å². The fourth-order valence-corrected chi connectivity index (χ4v) is 4.56. The minimum atomic E-state index is -2.80. The van der Waals surface area contributed by atoms with Gasteiger partial charge < -0.3 is 19.8 Å². The molecule has 1 fully saturated rings. The Morgan fingerprint density at radius 2 is 1.97 bits per heavy atom. The lowest BCUT2D eigenvalue weighted by molar-refractivity contribution is -0.120. The van der Waals surface area contributed by atoms with Gasteiger partial charge in [-0.1, -0.05) is 23.7 Å². The summed E-state index contributed by atoms with van der Waals surface area (Å²) in [4.78, 5) is 14.5. The van der Waals surface area contributed by atoms with Gasteiger partial charge in [-0.2, -0.15) is 0 Å². The highest BCUT2D eigenvalue weighted by molar-refractivity contribution is 6.30. The first-order valence-electron chi connectivity index (χ1n) is 11.2. The number of ether oxygens (including phenoxy) is 1. The Hall–Kier alpha value is -3.11. The maximum Gasteiger partial charge on any atom is 0.250 e. The summed E-state index contributed by atoms with van der Waals surface area (Å²) in [6, 6.07) is 8.47. The van der Waals surface area contributed by atoms with E-state index >= 15 is 4.39 Å². The fraction of sp³-hybridized carbons (Fsp3) is 0.375. The van der Waals surface area contributed by atoms with E-state index in [4.69, 9.17) is 26.5 Å². The highest BCUT2D eigenvalue weighted by atomic mass is 35.5. The number of nitrogens with two attached hydrogens (primary N) is 1. The number of alkyl halides is 2. The SMILES string of the molecule is N[C@H]1COc2cc(F)c(-c3nnc(C4CCCC(F)(F)C4)o3)cc2N(Cc2ccc(Cl)cc2)C1=O. The van der Waals surface area contributed by atoms with E-state index in [0.717, 1.165) is 11.6 Å². The Morgan fingerprint density at radius 3 is 2.71 bits per heavy atom. The number of fused-ring (bicyclic) bond motifs is 1. The molecule has 2 aromatic carbocycles. The normalized spacial score (nSPS) is 21.9. The fourth-order valence-electron chi connectivity index (χ4n) is 4.43. The number of anilines is 1. The van der Waals surface area contributed by atoms with E-state index in [-0.39, 0.29) is 48.4 Å². The monoisotopic (exact) mass is 506 g/mol. The molecule has 1 saturated carbocycles. The molecular formula is C24H22ClF3N4O3. The molecule has 2 heterocycles. The van der Waals surface area contributed by atoms with Crippen LogP contribution in [0, 0.1) is 5.82 Å². The molecule has 35 heavy (non-hydrogen) atoms. The minimum absolute atomic E-state index is 0.0427. The quantitative estimate of drug-likeness (QED) is 0.530. The van der Waals surface area contributed by atoms with Crippen LogP contribution < -0.4 is 15.4 Å². The van der Waals surface area contributed by atoms with E-state index in [0.29, 0.717) is 17.9 Å². The summed E-state index contributed by atoms with van der Waals surface area (Å²) >= 11 is 5.97. The maximum absolute atomic E-state index is 15.1. The molecule has 1 amide bonds. The zero-order chi connectivity index (χ0) is 24.7. The third kappa shape index (κ3) is 4.85. The Balaban J connectivity index is 1.51. The molecule has 7 nitrogen and oxygen atoms in total. The molecule has 2 aliphatic rings. The van der Waals surface area contributed by atoms with E-state index in [9.17, 15) is 13.6 Å². The van der Waals surface area contributed by atoms with Gasteiger partial charge in [0.25, 0.3) is 5.89 Å². The second kappa shape index (κ2) is 9.16. The molecule has 0 spiro atoms. The summed E-state index contributed by atoms with van der Waals surface area (Å²) in [5.74, 6) is -4.52. The van der Waals surface area contributed by atoms with Gasteiger partial charge in [-0.15, -0.1) is 10.2 Å². The van der Waals surface area contributed by atoms with Gasteiger partial charge in [-0.3, -0.25) is 4.79 Å². The molecule has 0 saturated heterocycles. The van der Waals surface area contributed by atoms with Gasteiger partial charge in [0, 0.05) is 29.8 Å². The Morgan fingerprint density at radius 1 is 1.20 bits per heavy atom. The molecule has 0 radical (unpaired) electrons. The highest BCUT2D eigenvalue weighted by Gasteiger charge is 2.39. The molecular weight excluding hydrogens is 485 g/mol. The summed E-state index contributed by atoms with van der Waals surface area (Å²) in [5.41, 5.74) is 6.96. The van der Waals surface area contributed by atoms with Crippen LogP contribution >= 0.6 is 11.6 Å². The van der Waals surface area contributed by atoms with Gasteiger partial charge in [-0.25, -0.2) is 13.2 Å². The Labute approximate surface area is 204 Å². The number of carbonyl (C=O) groups is 1. The standard InChI is InChI=1S/C24H22ClF3N4O3/c25-15-5-3-13(4-6-15)11-32-19-8-16(17(26)9-20(19)34-12-18(29)23(32)33)22-31-30-21(35-22)14-2-1-7-24(27,28)10-14/h3-6,8-9,14,18H,1-2,7,10-12,29H2/t14?,18-/m0/s1. The second-order valence-corrected chi connectivity index (χ2v) is 9.30. The van der Waals surface area contributed by atoms with Crippen molar-refractivity contribution < 1.29 is 27.1 Å². The van der Waals surface area contributed by atoms with Crippen LogP contribution in [0.5, 0.6) is 5.75 Å². The van der Waals surface area contributed by atoms with Crippen molar-refractivity contribution in [3.05, 3.63) is 58.7 Å². The van der Waals surface area contributed by atoms with Gasteiger partial charge >= 0.3 is 0 Å². The highest BCUT2D eigenvalue weighted by Crippen LogP contribution is 2.43. The lowest BCUT2D eigenvalue weighted by Gasteiger charge is -2.26. The number of halogens is 4. The zero-order valence-corrected chi connectivity index (χ0v) is 19.3. The van der Waals surface area contributed by atoms with Crippen molar-refractivity contribution in [1.29, 1.82) is 0 Å². The summed E-state index contributed by atoms with van der Waals surface area (Å²) in [5, 5.41) is 8.37. The van der Waals surface area contributed by atoms with Crippen LogP contribution in [0.1, 0.15) is 43.1 Å². The maximum atomic E-state index is 15.1. The Kier molecular flexibility index (Phi) is 6.18. The van der Waals surface area contributed by atoms with Crippen LogP contribution in [0.2, 0.25) is 5.02 Å². The first kappa shape index (κ1) is 23.6. The smallest absolute Gasteiger partial charge is 0.250 e. The molecule has 184 valence electrons. The Bertz CT molecular complexity index is 1250. The number of hydrogen-bond donors (Lipinski definition) is 1. The van der Waals surface area contributed by atoms with Crippen molar-refractivity contribution >= 4 is 23.2 Å². The van der Waals surface area contributed by atoms with Crippen LogP contribution in [0.15, 0.2) is 40.8 Å². The minimum Gasteiger partial charge on any atom is -0.489 e. The average Bonchev–Trinajstić information content (AvgIpc) is 3.28. The average molecular weight is 507 g/mol. The van der Waals surface area contributed by atoms with Crippen LogP contribution in [0.25, 0.3) is 11.5 Å². The third-order valence-electron chi connectivity index (χ3n) is 6.26. The van der Waals surface area contributed by atoms with Crippen molar-refractivity contribution in [3.8, 4) is 17.2 Å². The van der Waals surface area contributed by atoms with E-state index in [1.807, 2.05) is 0 Å². The van der Waals surface area contributed by atoms with Crippen LogP contribution in [-0.2, 0) is 11.3 Å². The molecule has 1 aromatic heterocycles. The number of nitrogens with zero attached hydrogens (tertiary/aromatic N) is 3. The van der Waals surface area contributed by atoms with Crippen molar-refractivity contribution in [2.45, 2.75) is 50.1 Å². The van der Waals surface area contributed by atoms with Gasteiger partial charge in [0.1, 0.15) is 24.2 Å². The largest absolute Gasteiger partial charge is 0.489 e.